The molecule has 0 aliphatic rings. The molecule has 1 rings (SSSR count). The molecule has 0 saturated carbocycles. The van der Waals surface area contributed by atoms with Crippen molar-refractivity contribution in [2.75, 3.05) is 27.3 Å². The molecule has 0 aliphatic heterocycles. The molecule has 22 heavy (non-hydrogen) atoms. The zero-order chi connectivity index (χ0) is 15.9. The second-order valence-corrected chi connectivity index (χ2v) is 4.37. The van der Waals surface area contributed by atoms with Crippen LogP contribution in [0.15, 0.2) is 11.2 Å². The molecule has 0 spiro atoms. The SMILES string of the molecule is CN=C(NCCCOC)NCc1cn(C)nc1C(F)(F)F.I. The molecule has 0 bridgehead atoms. The number of alkyl halides is 3. The lowest BCUT2D eigenvalue weighted by molar-refractivity contribution is -0.142. The van der Waals surface area contributed by atoms with Crippen molar-refractivity contribution in [3.8, 4) is 0 Å². The van der Waals surface area contributed by atoms with Gasteiger partial charge in [0, 0.05) is 52.7 Å². The maximum absolute atomic E-state index is 12.8. The summed E-state index contributed by atoms with van der Waals surface area (Å²) in [5.41, 5.74) is -0.808. The van der Waals surface area contributed by atoms with E-state index in [2.05, 4.69) is 20.7 Å². The van der Waals surface area contributed by atoms with Crippen LogP contribution in [0.25, 0.3) is 0 Å². The number of hydrogen-bond donors (Lipinski definition) is 2. The standard InChI is InChI=1S/C12H20F3N5O.HI/c1-16-11(17-5-4-6-21-3)18-7-9-8-20(2)19-10(9)12(13,14)15;/h8H,4-7H2,1-3H3,(H2,16,17,18);1H. The minimum atomic E-state index is -4.46. The molecule has 10 heteroatoms. The molecular formula is C12H21F3IN5O. The van der Waals surface area contributed by atoms with Crippen LogP contribution in [0.5, 0.6) is 0 Å². The first-order valence-electron chi connectivity index (χ1n) is 6.41. The summed E-state index contributed by atoms with van der Waals surface area (Å²) < 4.78 is 44.4. The van der Waals surface area contributed by atoms with Crippen molar-refractivity contribution in [2.45, 2.75) is 19.1 Å². The highest BCUT2D eigenvalue weighted by atomic mass is 127. The van der Waals surface area contributed by atoms with Crippen LogP contribution < -0.4 is 10.6 Å². The van der Waals surface area contributed by atoms with Crippen LogP contribution in [0.2, 0.25) is 0 Å². The van der Waals surface area contributed by atoms with E-state index < -0.39 is 11.9 Å². The summed E-state index contributed by atoms with van der Waals surface area (Å²) in [7, 11) is 4.62. The third kappa shape index (κ3) is 6.81. The Morgan fingerprint density at radius 1 is 1.41 bits per heavy atom. The van der Waals surface area contributed by atoms with Gasteiger partial charge in [-0.25, -0.2) is 0 Å². The van der Waals surface area contributed by atoms with E-state index in [4.69, 9.17) is 4.74 Å². The highest BCUT2D eigenvalue weighted by Gasteiger charge is 2.36. The molecular weight excluding hydrogens is 414 g/mol. The van der Waals surface area contributed by atoms with Crippen molar-refractivity contribution in [3.05, 3.63) is 17.5 Å². The molecule has 6 nitrogen and oxygen atoms in total. The molecule has 128 valence electrons. The number of nitrogens with one attached hydrogen (secondary N) is 2. The minimum Gasteiger partial charge on any atom is -0.385 e. The van der Waals surface area contributed by atoms with Gasteiger partial charge >= 0.3 is 6.18 Å². The van der Waals surface area contributed by atoms with E-state index in [0.717, 1.165) is 11.1 Å². The maximum Gasteiger partial charge on any atom is 0.435 e. The maximum atomic E-state index is 12.8. The predicted octanol–water partition coefficient (Wildman–Crippen LogP) is 1.76. The molecule has 0 aliphatic carbocycles. The monoisotopic (exact) mass is 435 g/mol. The topological polar surface area (TPSA) is 63.5 Å². The minimum absolute atomic E-state index is 0. The molecule has 2 N–H and O–H groups in total. The number of ether oxygens (including phenoxy) is 1. The average Bonchev–Trinajstić information content (AvgIpc) is 2.79. The molecule has 0 unspecified atom stereocenters. The molecule has 0 aromatic carbocycles. The highest BCUT2D eigenvalue weighted by molar-refractivity contribution is 14.0. The number of nitrogens with zero attached hydrogens (tertiary/aromatic N) is 3. The number of guanidine groups is 1. The first-order valence-corrected chi connectivity index (χ1v) is 6.41. The Bertz CT molecular complexity index is 476. The summed E-state index contributed by atoms with van der Waals surface area (Å²) >= 11 is 0. The molecule has 0 fully saturated rings. The van der Waals surface area contributed by atoms with Gasteiger partial charge in [0.2, 0.25) is 0 Å². The number of hydrogen-bond acceptors (Lipinski definition) is 3. The van der Waals surface area contributed by atoms with E-state index >= 15 is 0 Å². The fourth-order valence-electron chi connectivity index (χ4n) is 1.73. The summed E-state index contributed by atoms with van der Waals surface area (Å²) in [5.74, 6) is 0.433. The van der Waals surface area contributed by atoms with Crippen LogP contribution in [-0.2, 0) is 24.5 Å². The van der Waals surface area contributed by atoms with E-state index in [-0.39, 0.29) is 36.1 Å². The Kier molecular flexibility index (Phi) is 9.41. The lowest BCUT2D eigenvalue weighted by Crippen LogP contribution is -2.37. The van der Waals surface area contributed by atoms with Gasteiger partial charge in [-0.15, -0.1) is 24.0 Å². The quantitative estimate of drug-likeness (QED) is 0.310. The molecule has 0 saturated heterocycles. The first-order chi connectivity index (χ1) is 9.88. The van der Waals surface area contributed by atoms with Gasteiger partial charge in [0.15, 0.2) is 11.7 Å². The summed E-state index contributed by atoms with van der Waals surface area (Å²) in [6, 6.07) is 0. The fourth-order valence-corrected chi connectivity index (χ4v) is 1.73. The predicted molar refractivity (Wildman–Crippen MR) is 88.3 cm³/mol. The number of rotatable bonds is 6. The largest absolute Gasteiger partial charge is 0.435 e. The molecule has 1 heterocycles. The van der Waals surface area contributed by atoms with Gasteiger partial charge in [0.25, 0.3) is 0 Å². The Labute approximate surface area is 144 Å². The molecule has 0 radical (unpaired) electrons. The van der Waals surface area contributed by atoms with Gasteiger partial charge in [-0.05, 0) is 6.42 Å². The highest BCUT2D eigenvalue weighted by Crippen LogP contribution is 2.30. The van der Waals surface area contributed by atoms with E-state index in [1.807, 2.05) is 0 Å². The van der Waals surface area contributed by atoms with Crippen molar-refractivity contribution in [1.82, 2.24) is 20.4 Å². The lowest BCUT2D eigenvalue weighted by atomic mass is 10.2. The van der Waals surface area contributed by atoms with Crippen LogP contribution in [-0.4, -0.2) is 43.0 Å². The van der Waals surface area contributed by atoms with E-state index in [1.165, 1.54) is 13.2 Å². The zero-order valence-electron chi connectivity index (χ0n) is 12.7. The Morgan fingerprint density at radius 2 is 2.09 bits per heavy atom. The van der Waals surface area contributed by atoms with Gasteiger partial charge in [-0.3, -0.25) is 9.67 Å². The first kappa shape index (κ1) is 21.0. The van der Waals surface area contributed by atoms with Gasteiger partial charge < -0.3 is 15.4 Å². The van der Waals surface area contributed by atoms with Crippen LogP contribution in [0.4, 0.5) is 13.2 Å². The van der Waals surface area contributed by atoms with Crippen molar-refractivity contribution in [1.29, 1.82) is 0 Å². The molecule has 1 aromatic rings. The van der Waals surface area contributed by atoms with Crippen molar-refractivity contribution < 1.29 is 17.9 Å². The van der Waals surface area contributed by atoms with Crippen LogP contribution in [0, 0.1) is 0 Å². The Hall–Kier alpha value is -1.04. The van der Waals surface area contributed by atoms with Crippen molar-refractivity contribution >= 4 is 29.9 Å². The summed E-state index contributed by atoms with van der Waals surface area (Å²) in [6.07, 6.45) is -2.35. The number of aliphatic imine (C=N–C) groups is 1. The summed E-state index contributed by atoms with van der Waals surface area (Å²) in [5, 5.41) is 9.27. The zero-order valence-corrected chi connectivity index (χ0v) is 15.0. The Morgan fingerprint density at radius 3 is 2.64 bits per heavy atom. The third-order valence-electron chi connectivity index (χ3n) is 2.66. The average molecular weight is 435 g/mol. The molecule has 0 atom stereocenters. The lowest BCUT2D eigenvalue weighted by Gasteiger charge is -2.12. The van der Waals surface area contributed by atoms with Crippen molar-refractivity contribution in [2.24, 2.45) is 12.0 Å². The van der Waals surface area contributed by atoms with Crippen molar-refractivity contribution in [3.63, 3.8) is 0 Å². The fraction of sp³-hybridized carbons (Fsp3) is 0.667. The summed E-state index contributed by atoms with van der Waals surface area (Å²) in [6.45, 7) is 1.21. The number of aromatic nitrogens is 2. The van der Waals surface area contributed by atoms with E-state index in [1.54, 1.807) is 14.2 Å². The van der Waals surface area contributed by atoms with Crippen LogP contribution in [0.1, 0.15) is 17.7 Å². The van der Waals surface area contributed by atoms with Gasteiger partial charge in [0.1, 0.15) is 0 Å². The van der Waals surface area contributed by atoms with Gasteiger partial charge in [0.05, 0.1) is 0 Å². The van der Waals surface area contributed by atoms with Gasteiger partial charge in [-0.1, -0.05) is 0 Å². The van der Waals surface area contributed by atoms with Crippen LogP contribution >= 0.6 is 24.0 Å². The third-order valence-corrected chi connectivity index (χ3v) is 2.66. The number of methoxy groups -OCH3 is 1. The smallest absolute Gasteiger partial charge is 0.385 e. The molecule has 1 aromatic heterocycles. The van der Waals surface area contributed by atoms with E-state index in [9.17, 15) is 13.2 Å². The second-order valence-electron chi connectivity index (χ2n) is 4.37. The normalized spacial score (nSPS) is 12.0. The molecule has 0 amide bonds. The summed E-state index contributed by atoms with van der Waals surface area (Å²) in [4.78, 5) is 3.94. The number of halogens is 4. The van der Waals surface area contributed by atoms with Crippen LogP contribution in [0.3, 0.4) is 0 Å². The van der Waals surface area contributed by atoms with E-state index in [0.29, 0.717) is 19.1 Å². The Balaban J connectivity index is 0.00000441. The number of aryl methyl sites for hydroxylation is 1. The second kappa shape index (κ2) is 9.87. The van der Waals surface area contributed by atoms with Gasteiger partial charge in [-0.2, -0.15) is 18.3 Å².